The van der Waals surface area contributed by atoms with Gasteiger partial charge in [-0.3, -0.25) is 10.1 Å². The van der Waals surface area contributed by atoms with E-state index in [1.807, 2.05) is 18.0 Å². The Morgan fingerprint density at radius 3 is 2.68 bits per heavy atom. The number of benzene rings is 1. The molecule has 1 aromatic carbocycles. The van der Waals surface area contributed by atoms with Crippen LogP contribution in [0.4, 0.5) is 11.4 Å². The van der Waals surface area contributed by atoms with Crippen molar-refractivity contribution in [2.75, 3.05) is 11.9 Å². The quantitative estimate of drug-likeness (QED) is 0.673. The second-order valence-corrected chi connectivity index (χ2v) is 5.23. The number of para-hydroxylation sites is 1. The minimum atomic E-state index is -0.404. The van der Waals surface area contributed by atoms with E-state index in [9.17, 15) is 15.2 Å². The molecule has 1 fully saturated rings. The van der Waals surface area contributed by atoms with Crippen LogP contribution in [0.15, 0.2) is 18.2 Å². The zero-order valence-corrected chi connectivity index (χ0v) is 11.4. The van der Waals surface area contributed by atoms with Crippen molar-refractivity contribution in [2.24, 2.45) is 0 Å². The molecule has 5 heteroatoms. The molecule has 1 aliphatic carbocycles. The highest BCUT2D eigenvalue weighted by Crippen LogP contribution is 2.34. The van der Waals surface area contributed by atoms with Crippen LogP contribution in [0.25, 0.3) is 0 Å². The van der Waals surface area contributed by atoms with Gasteiger partial charge in [0.1, 0.15) is 5.69 Å². The van der Waals surface area contributed by atoms with Gasteiger partial charge in [0.25, 0.3) is 5.69 Å². The summed E-state index contributed by atoms with van der Waals surface area (Å²) in [6.45, 7) is 1.74. The summed E-state index contributed by atoms with van der Waals surface area (Å²) in [6.07, 6.45) is 3.34. The molecule has 2 atom stereocenters. The summed E-state index contributed by atoms with van der Waals surface area (Å²) in [6, 6.07) is 5.29. The number of likely N-dealkylation sites (N-methyl/N-ethyl adjacent to an activating group) is 1. The van der Waals surface area contributed by atoms with Gasteiger partial charge in [-0.25, -0.2) is 0 Å². The summed E-state index contributed by atoms with van der Waals surface area (Å²) in [5, 5.41) is 21.3. The first-order chi connectivity index (χ1) is 9.02. The molecular weight excluding hydrogens is 244 g/mol. The minimum absolute atomic E-state index is 0.0331. The molecule has 1 N–H and O–H groups in total. The van der Waals surface area contributed by atoms with Gasteiger partial charge in [-0.15, -0.1) is 0 Å². The average molecular weight is 264 g/mol. The largest absolute Gasteiger partial charge is 0.391 e. The van der Waals surface area contributed by atoms with E-state index in [0.717, 1.165) is 25.7 Å². The van der Waals surface area contributed by atoms with Gasteiger partial charge in [0.2, 0.25) is 0 Å². The van der Waals surface area contributed by atoms with Crippen molar-refractivity contribution < 1.29 is 10.0 Å². The molecule has 2 unspecified atom stereocenters. The number of nitrogens with zero attached hydrogens (tertiary/aromatic N) is 2. The zero-order valence-electron chi connectivity index (χ0n) is 11.4. The maximum atomic E-state index is 11.2. The fraction of sp³-hybridized carbons (Fsp3) is 0.571. The number of nitro benzene ring substituents is 1. The molecule has 0 aromatic heterocycles. The van der Waals surface area contributed by atoms with Crippen LogP contribution in [0.1, 0.15) is 31.2 Å². The van der Waals surface area contributed by atoms with Crippen LogP contribution in [0.2, 0.25) is 0 Å². The van der Waals surface area contributed by atoms with Crippen molar-refractivity contribution in [3.05, 3.63) is 33.9 Å². The minimum Gasteiger partial charge on any atom is -0.391 e. The molecule has 2 rings (SSSR count). The van der Waals surface area contributed by atoms with Crippen molar-refractivity contribution in [2.45, 2.75) is 44.8 Å². The maximum absolute atomic E-state index is 11.2. The lowest BCUT2D eigenvalue weighted by atomic mass is 9.91. The van der Waals surface area contributed by atoms with Gasteiger partial charge in [0.05, 0.1) is 17.1 Å². The third-order valence-corrected chi connectivity index (χ3v) is 3.97. The summed E-state index contributed by atoms with van der Waals surface area (Å²) in [7, 11) is 1.83. The summed E-state index contributed by atoms with van der Waals surface area (Å²) in [5.41, 5.74) is 1.39. The summed E-state index contributed by atoms with van der Waals surface area (Å²) >= 11 is 0. The molecule has 19 heavy (non-hydrogen) atoms. The van der Waals surface area contributed by atoms with E-state index in [4.69, 9.17) is 0 Å². The predicted octanol–water partition coefficient (Wildman–Crippen LogP) is 2.64. The summed E-state index contributed by atoms with van der Waals surface area (Å²) in [5.74, 6) is 0. The molecule has 1 aromatic rings. The predicted molar refractivity (Wildman–Crippen MR) is 74.5 cm³/mol. The molecule has 0 aliphatic heterocycles. The lowest BCUT2D eigenvalue weighted by molar-refractivity contribution is -0.384. The SMILES string of the molecule is Cc1cccc(N(C)C2CCCCC2O)c1[N+](=O)[O-]. The van der Waals surface area contributed by atoms with Gasteiger partial charge in [-0.1, -0.05) is 25.0 Å². The zero-order chi connectivity index (χ0) is 14.0. The topological polar surface area (TPSA) is 66.6 Å². The summed E-state index contributed by atoms with van der Waals surface area (Å²) in [4.78, 5) is 12.8. The van der Waals surface area contributed by atoms with Gasteiger partial charge < -0.3 is 10.0 Å². The second kappa shape index (κ2) is 5.57. The first kappa shape index (κ1) is 13.8. The monoisotopic (exact) mass is 264 g/mol. The number of nitro groups is 1. The molecule has 0 amide bonds. The number of aliphatic hydroxyl groups excluding tert-OH is 1. The molecule has 1 aliphatic rings. The number of aryl methyl sites for hydroxylation is 1. The molecule has 104 valence electrons. The number of hydrogen-bond acceptors (Lipinski definition) is 4. The van der Waals surface area contributed by atoms with Crippen molar-refractivity contribution in [1.29, 1.82) is 0 Å². The fourth-order valence-electron chi connectivity index (χ4n) is 2.89. The van der Waals surface area contributed by atoms with E-state index in [2.05, 4.69) is 0 Å². The van der Waals surface area contributed by atoms with E-state index in [-0.39, 0.29) is 16.7 Å². The highest BCUT2D eigenvalue weighted by molar-refractivity contribution is 5.66. The second-order valence-electron chi connectivity index (χ2n) is 5.23. The van der Waals surface area contributed by atoms with E-state index >= 15 is 0 Å². The summed E-state index contributed by atoms with van der Waals surface area (Å²) < 4.78 is 0. The lowest BCUT2D eigenvalue weighted by Gasteiger charge is -2.36. The van der Waals surface area contributed by atoms with E-state index in [0.29, 0.717) is 11.3 Å². The van der Waals surface area contributed by atoms with Crippen LogP contribution in [0, 0.1) is 17.0 Å². The van der Waals surface area contributed by atoms with Crippen LogP contribution in [0.5, 0.6) is 0 Å². The first-order valence-corrected chi connectivity index (χ1v) is 6.67. The lowest BCUT2D eigenvalue weighted by Crippen LogP contribution is -2.43. The fourth-order valence-corrected chi connectivity index (χ4v) is 2.89. The molecule has 0 spiro atoms. The van der Waals surface area contributed by atoms with E-state index in [1.165, 1.54) is 0 Å². The number of hydrogen-bond donors (Lipinski definition) is 1. The Morgan fingerprint density at radius 1 is 1.37 bits per heavy atom. The third kappa shape index (κ3) is 2.71. The molecule has 0 saturated heterocycles. The number of aliphatic hydroxyl groups is 1. The van der Waals surface area contributed by atoms with Crippen molar-refractivity contribution in [1.82, 2.24) is 0 Å². The highest BCUT2D eigenvalue weighted by Gasteiger charge is 2.30. The van der Waals surface area contributed by atoms with E-state index in [1.54, 1.807) is 19.1 Å². The van der Waals surface area contributed by atoms with Gasteiger partial charge in [-0.2, -0.15) is 0 Å². The van der Waals surface area contributed by atoms with Gasteiger partial charge in [0.15, 0.2) is 0 Å². The maximum Gasteiger partial charge on any atom is 0.295 e. The Bertz CT molecular complexity index is 476. The van der Waals surface area contributed by atoms with Gasteiger partial charge >= 0.3 is 0 Å². The Kier molecular flexibility index (Phi) is 4.04. The Morgan fingerprint density at radius 2 is 2.05 bits per heavy atom. The number of anilines is 1. The highest BCUT2D eigenvalue weighted by atomic mass is 16.6. The van der Waals surface area contributed by atoms with Crippen LogP contribution < -0.4 is 4.90 Å². The van der Waals surface area contributed by atoms with Gasteiger partial charge in [0, 0.05) is 12.6 Å². The smallest absolute Gasteiger partial charge is 0.295 e. The number of rotatable bonds is 3. The molecule has 1 saturated carbocycles. The van der Waals surface area contributed by atoms with Crippen LogP contribution in [0.3, 0.4) is 0 Å². The van der Waals surface area contributed by atoms with Crippen molar-refractivity contribution >= 4 is 11.4 Å². The normalized spacial score (nSPS) is 23.1. The Labute approximate surface area is 113 Å². The molecule has 0 bridgehead atoms. The Hall–Kier alpha value is -1.62. The van der Waals surface area contributed by atoms with Crippen LogP contribution >= 0.6 is 0 Å². The van der Waals surface area contributed by atoms with Crippen molar-refractivity contribution in [3.63, 3.8) is 0 Å². The molecule has 0 heterocycles. The molecule has 0 radical (unpaired) electrons. The van der Waals surface area contributed by atoms with Crippen molar-refractivity contribution in [3.8, 4) is 0 Å². The van der Waals surface area contributed by atoms with Crippen LogP contribution in [-0.2, 0) is 0 Å². The standard InChI is InChI=1S/C14H20N2O3/c1-10-6-5-8-12(14(10)16(18)19)15(2)11-7-3-4-9-13(11)17/h5-6,8,11,13,17H,3-4,7,9H2,1-2H3. The average Bonchev–Trinajstić information content (AvgIpc) is 2.37. The Balaban J connectivity index is 2.35. The van der Waals surface area contributed by atoms with Crippen LogP contribution in [-0.4, -0.2) is 29.2 Å². The van der Waals surface area contributed by atoms with E-state index < -0.39 is 6.10 Å². The first-order valence-electron chi connectivity index (χ1n) is 6.67. The molecular formula is C14H20N2O3. The van der Waals surface area contributed by atoms with Gasteiger partial charge in [-0.05, 0) is 25.8 Å². The molecule has 5 nitrogen and oxygen atoms in total. The third-order valence-electron chi connectivity index (χ3n) is 3.97.